The van der Waals surface area contributed by atoms with Crippen LogP contribution in [0.2, 0.25) is 0 Å². The van der Waals surface area contributed by atoms with E-state index in [-0.39, 0.29) is 17.1 Å². The number of pyridine rings is 1. The van der Waals surface area contributed by atoms with Gasteiger partial charge in [-0.25, -0.2) is 26.6 Å². The van der Waals surface area contributed by atoms with Gasteiger partial charge in [0.25, 0.3) is 0 Å². The van der Waals surface area contributed by atoms with Crippen molar-refractivity contribution in [1.29, 1.82) is 5.41 Å². The summed E-state index contributed by atoms with van der Waals surface area (Å²) in [5, 5.41) is 25.6. The van der Waals surface area contributed by atoms with Crippen LogP contribution in [0.3, 0.4) is 0 Å². The molecule has 0 spiro atoms. The van der Waals surface area contributed by atoms with Gasteiger partial charge in [-0.05, 0) is 39.0 Å². The van der Waals surface area contributed by atoms with Crippen molar-refractivity contribution in [2.75, 3.05) is 11.1 Å². The van der Waals surface area contributed by atoms with Gasteiger partial charge in [-0.1, -0.05) is 5.16 Å². The third-order valence-electron chi connectivity index (χ3n) is 5.21. The molecule has 1 aromatic carbocycles. The number of benzene rings is 1. The lowest BCUT2D eigenvalue weighted by Gasteiger charge is -2.43. The Morgan fingerprint density at radius 2 is 1.90 bits per heavy atom. The molecule has 0 amide bonds. The molecule has 0 radical (unpaired) electrons. The molecule has 0 bridgehead atoms. The second-order valence-corrected chi connectivity index (χ2v) is 10.4. The number of halogens is 3. The summed E-state index contributed by atoms with van der Waals surface area (Å²) in [5.41, 5.74) is -1.91. The molecule has 12 heteroatoms. The molecule has 2 aromatic rings. The number of sulfone groups is 1. The zero-order valence-corrected chi connectivity index (χ0v) is 17.6. The summed E-state index contributed by atoms with van der Waals surface area (Å²) in [4.78, 5) is 3.54. The highest BCUT2D eigenvalue weighted by Gasteiger charge is 2.51. The number of anilines is 1. The smallest absolute Gasteiger partial charge is 0.198 e. The third kappa shape index (κ3) is 3.94. The standard InChI is InChI=1S/C19H20F3N5O3S/c1-18(2)17(23)26-19(3,9-31(18,29)30)12-7-11(4-5-13(12)21)25-16(27-28)15-14(22)6-10(20)8-24-15/h4-8,28H,9H2,1-3H3,(H2,23,26)(H,25,27)/t19-/m0/s1. The second-order valence-electron chi connectivity index (χ2n) is 7.85. The molecule has 0 aliphatic carbocycles. The van der Waals surface area contributed by atoms with E-state index < -0.39 is 54.9 Å². The zero-order chi connectivity index (χ0) is 23.2. The molecule has 4 N–H and O–H groups in total. The van der Waals surface area contributed by atoms with E-state index in [0.717, 1.165) is 12.3 Å². The first kappa shape index (κ1) is 22.5. The molecule has 31 heavy (non-hydrogen) atoms. The predicted octanol–water partition coefficient (Wildman–Crippen LogP) is 2.74. The van der Waals surface area contributed by atoms with Crippen LogP contribution in [-0.2, 0) is 15.4 Å². The minimum atomic E-state index is -3.81. The van der Waals surface area contributed by atoms with Gasteiger partial charge in [0.05, 0.1) is 17.5 Å². The Labute approximate surface area is 176 Å². The van der Waals surface area contributed by atoms with Gasteiger partial charge in [0.15, 0.2) is 21.5 Å². The fraction of sp³-hybridized carbons (Fsp3) is 0.316. The Morgan fingerprint density at radius 1 is 1.23 bits per heavy atom. The maximum atomic E-state index is 14.7. The number of nitrogens with one attached hydrogen (secondary N) is 3. The topological polar surface area (TPSA) is 128 Å². The molecular weight excluding hydrogens is 435 g/mol. The van der Waals surface area contributed by atoms with E-state index >= 15 is 0 Å². The Bertz CT molecular complexity index is 1200. The van der Waals surface area contributed by atoms with Crippen LogP contribution in [0.4, 0.5) is 18.9 Å². The van der Waals surface area contributed by atoms with E-state index in [1.165, 1.54) is 32.9 Å². The highest BCUT2D eigenvalue weighted by Crippen LogP contribution is 2.36. The van der Waals surface area contributed by atoms with Crippen molar-refractivity contribution in [3.05, 3.63) is 59.2 Å². The van der Waals surface area contributed by atoms with Crippen LogP contribution in [0.1, 0.15) is 32.0 Å². The van der Waals surface area contributed by atoms with Crippen molar-refractivity contribution in [3.8, 4) is 0 Å². The van der Waals surface area contributed by atoms with Gasteiger partial charge in [-0.2, -0.15) is 0 Å². The summed E-state index contributed by atoms with van der Waals surface area (Å²) >= 11 is 0. The number of hydrogen-bond acceptors (Lipinski definition) is 6. The molecule has 1 fully saturated rings. The molecular formula is C19H20F3N5O3S. The van der Waals surface area contributed by atoms with Gasteiger partial charge in [-0.3, -0.25) is 5.41 Å². The van der Waals surface area contributed by atoms with Crippen molar-refractivity contribution >= 4 is 27.2 Å². The molecule has 1 aromatic heterocycles. The van der Waals surface area contributed by atoms with Crippen LogP contribution in [0.5, 0.6) is 0 Å². The van der Waals surface area contributed by atoms with Crippen LogP contribution in [0.15, 0.2) is 35.6 Å². The average molecular weight is 455 g/mol. The summed E-state index contributed by atoms with van der Waals surface area (Å²) in [5.74, 6) is -4.00. The Hall–Kier alpha value is -3.15. The Balaban J connectivity index is 2.00. The minimum absolute atomic E-state index is 0.0776. The van der Waals surface area contributed by atoms with Crippen LogP contribution < -0.4 is 10.6 Å². The lowest BCUT2D eigenvalue weighted by atomic mass is 9.91. The Morgan fingerprint density at radius 3 is 2.48 bits per heavy atom. The summed E-state index contributed by atoms with van der Waals surface area (Å²) < 4.78 is 65.8. The molecule has 1 saturated heterocycles. The van der Waals surface area contributed by atoms with Crippen molar-refractivity contribution in [1.82, 2.24) is 10.3 Å². The van der Waals surface area contributed by atoms with E-state index in [2.05, 4.69) is 20.8 Å². The lowest BCUT2D eigenvalue weighted by Crippen LogP contribution is -2.64. The van der Waals surface area contributed by atoms with Crippen molar-refractivity contribution in [2.45, 2.75) is 31.1 Å². The molecule has 166 valence electrons. The normalized spacial score (nSPS) is 22.6. The molecule has 1 aliphatic rings. The first-order chi connectivity index (χ1) is 14.3. The molecule has 0 saturated carbocycles. The average Bonchev–Trinajstić information content (AvgIpc) is 2.66. The predicted molar refractivity (Wildman–Crippen MR) is 109 cm³/mol. The monoisotopic (exact) mass is 455 g/mol. The lowest BCUT2D eigenvalue weighted by molar-refractivity contribution is 0.319. The SMILES string of the molecule is CC1(C)C(=N)N[C@](C)(c2cc(N/C(=N/O)c3ncc(F)cc3F)ccc2F)CS1(=O)=O. The summed E-state index contributed by atoms with van der Waals surface area (Å²) in [7, 11) is -3.81. The Kier molecular flexibility index (Phi) is 5.47. The fourth-order valence-electron chi connectivity index (χ4n) is 3.21. The summed E-state index contributed by atoms with van der Waals surface area (Å²) in [6.45, 7) is 4.22. The maximum Gasteiger partial charge on any atom is 0.198 e. The van der Waals surface area contributed by atoms with Gasteiger partial charge in [0, 0.05) is 17.3 Å². The van der Waals surface area contributed by atoms with Gasteiger partial charge in [0.1, 0.15) is 27.9 Å². The molecule has 8 nitrogen and oxygen atoms in total. The highest BCUT2D eigenvalue weighted by atomic mass is 32.2. The molecule has 1 atom stereocenters. The first-order valence-corrected chi connectivity index (χ1v) is 10.7. The van der Waals surface area contributed by atoms with Crippen LogP contribution in [0.25, 0.3) is 0 Å². The fourth-order valence-corrected chi connectivity index (χ4v) is 4.92. The highest BCUT2D eigenvalue weighted by molar-refractivity contribution is 7.93. The molecule has 3 rings (SSSR count). The van der Waals surface area contributed by atoms with Crippen molar-refractivity contribution in [2.24, 2.45) is 5.16 Å². The van der Waals surface area contributed by atoms with E-state index in [1.807, 2.05) is 0 Å². The van der Waals surface area contributed by atoms with E-state index in [9.17, 15) is 26.8 Å². The van der Waals surface area contributed by atoms with E-state index in [1.54, 1.807) is 0 Å². The number of oxime groups is 1. The van der Waals surface area contributed by atoms with Crippen molar-refractivity contribution < 1.29 is 26.8 Å². The molecule has 0 unspecified atom stereocenters. The van der Waals surface area contributed by atoms with Gasteiger partial charge < -0.3 is 15.8 Å². The third-order valence-corrected chi connectivity index (χ3v) is 7.93. The summed E-state index contributed by atoms with van der Waals surface area (Å²) in [6.07, 6.45) is 0.729. The van der Waals surface area contributed by atoms with Gasteiger partial charge >= 0.3 is 0 Å². The largest absolute Gasteiger partial charge is 0.409 e. The number of aromatic nitrogens is 1. The molecule has 2 heterocycles. The van der Waals surface area contributed by atoms with E-state index in [4.69, 9.17) is 5.41 Å². The first-order valence-electron chi connectivity index (χ1n) is 9.01. The number of rotatable bonds is 3. The number of nitrogens with zero attached hydrogens (tertiary/aromatic N) is 2. The van der Waals surface area contributed by atoms with E-state index in [0.29, 0.717) is 6.07 Å². The van der Waals surface area contributed by atoms with Gasteiger partial charge in [-0.15, -0.1) is 0 Å². The quantitative estimate of drug-likeness (QED) is 0.244. The minimum Gasteiger partial charge on any atom is -0.409 e. The number of hydrogen-bond donors (Lipinski definition) is 4. The summed E-state index contributed by atoms with van der Waals surface area (Å²) in [6, 6.07) is 4.10. The molecule has 1 aliphatic heterocycles. The van der Waals surface area contributed by atoms with Crippen LogP contribution >= 0.6 is 0 Å². The second kappa shape index (κ2) is 7.52. The van der Waals surface area contributed by atoms with Crippen LogP contribution in [0, 0.1) is 22.9 Å². The van der Waals surface area contributed by atoms with Gasteiger partial charge in [0.2, 0.25) is 0 Å². The maximum absolute atomic E-state index is 14.7. The van der Waals surface area contributed by atoms with Crippen LogP contribution in [-0.4, -0.2) is 40.8 Å². The number of amidine groups is 2. The zero-order valence-electron chi connectivity index (χ0n) is 16.8. The van der Waals surface area contributed by atoms with Crippen molar-refractivity contribution in [3.63, 3.8) is 0 Å².